The van der Waals surface area contributed by atoms with E-state index >= 15 is 0 Å². The van der Waals surface area contributed by atoms with Crippen LogP contribution in [0.4, 0.5) is 5.82 Å². The van der Waals surface area contributed by atoms with E-state index in [-0.39, 0.29) is 0 Å². The highest BCUT2D eigenvalue weighted by molar-refractivity contribution is 6.34. The molecule has 4 nitrogen and oxygen atoms in total. The summed E-state index contributed by atoms with van der Waals surface area (Å²) in [6, 6.07) is 4.41. The van der Waals surface area contributed by atoms with Crippen molar-refractivity contribution in [2.45, 2.75) is 18.9 Å². The molecule has 0 radical (unpaired) electrons. The Morgan fingerprint density at radius 2 is 2.41 bits per heavy atom. The Bertz CT molecular complexity index is 437. The lowest BCUT2D eigenvalue weighted by Crippen LogP contribution is -2.27. The molecule has 0 unspecified atom stereocenters. The van der Waals surface area contributed by atoms with Crippen LogP contribution in [-0.4, -0.2) is 36.1 Å². The Hall–Kier alpha value is -1.31. The van der Waals surface area contributed by atoms with Crippen molar-refractivity contribution >= 4 is 17.4 Å². The average Bonchev–Trinajstić information content (AvgIpc) is 3.15. The first-order valence-electron chi connectivity index (χ1n) is 5.71. The first-order valence-corrected chi connectivity index (χ1v) is 6.09. The number of likely N-dealkylation sites (N-methyl/N-ethyl adjacent to an activating group) is 1. The van der Waals surface area contributed by atoms with Crippen molar-refractivity contribution in [1.29, 1.82) is 5.26 Å². The molecule has 0 amide bonds. The Balaban J connectivity index is 1.88. The van der Waals surface area contributed by atoms with E-state index in [2.05, 4.69) is 22.2 Å². The minimum atomic E-state index is 0.407. The van der Waals surface area contributed by atoms with Crippen LogP contribution in [0.1, 0.15) is 18.4 Å². The van der Waals surface area contributed by atoms with Crippen LogP contribution in [0.2, 0.25) is 5.02 Å². The molecule has 0 spiro atoms. The van der Waals surface area contributed by atoms with Gasteiger partial charge in [-0.15, -0.1) is 0 Å². The zero-order valence-electron chi connectivity index (χ0n) is 9.78. The number of halogens is 1. The van der Waals surface area contributed by atoms with Crippen LogP contribution in [0.3, 0.4) is 0 Å². The van der Waals surface area contributed by atoms with E-state index in [0.717, 1.165) is 19.1 Å². The van der Waals surface area contributed by atoms with Crippen LogP contribution in [0.5, 0.6) is 0 Å². The molecule has 0 atom stereocenters. The lowest BCUT2D eigenvalue weighted by atomic mass is 10.3. The number of nitrogens with zero attached hydrogens (tertiary/aromatic N) is 3. The maximum Gasteiger partial charge on any atom is 0.146 e. The van der Waals surface area contributed by atoms with Gasteiger partial charge in [0.15, 0.2) is 0 Å². The SMILES string of the molecule is CN(CCNc1nccc(C#N)c1Cl)C1CC1. The monoisotopic (exact) mass is 250 g/mol. The number of hydrogen-bond acceptors (Lipinski definition) is 4. The summed E-state index contributed by atoms with van der Waals surface area (Å²) in [6.07, 6.45) is 4.20. The first-order chi connectivity index (χ1) is 8.22. The van der Waals surface area contributed by atoms with E-state index in [9.17, 15) is 0 Å². The molecule has 5 heteroatoms. The van der Waals surface area contributed by atoms with Crippen molar-refractivity contribution in [3.05, 3.63) is 22.8 Å². The second-order valence-electron chi connectivity index (χ2n) is 4.27. The molecule has 1 aliphatic carbocycles. The lowest BCUT2D eigenvalue weighted by molar-refractivity contribution is 0.337. The van der Waals surface area contributed by atoms with Crippen LogP contribution in [0, 0.1) is 11.3 Å². The van der Waals surface area contributed by atoms with E-state index in [4.69, 9.17) is 16.9 Å². The molecular weight excluding hydrogens is 236 g/mol. The zero-order valence-corrected chi connectivity index (χ0v) is 10.5. The molecule has 0 bridgehead atoms. The largest absolute Gasteiger partial charge is 0.368 e. The van der Waals surface area contributed by atoms with Gasteiger partial charge in [0.1, 0.15) is 16.9 Å². The summed E-state index contributed by atoms with van der Waals surface area (Å²) >= 11 is 6.04. The minimum absolute atomic E-state index is 0.407. The van der Waals surface area contributed by atoms with Gasteiger partial charge in [-0.1, -0.05) is 11.6 Å². The summed E-state index contributed by atoms with van der Waals surface area (Å²) < 4.78 is 0. The third-order valence-electron chi connectivity index (χ3n) is 2.94. The standard InChI is InChI=1S/C12H15ClN4/c1-17(10-2-3-10)7-6-16-12-11(13)9(8-14)4-5-15-12/h4-5,10H,2-3,6-7H2,1H3,(H,15,16). The Morgan fingerprint density at radius 1 is 1.65 bits per heavy atom. The van der Waals surface area contributed by atoms with Crippen LogP contribution < -0.4 is 5.32 Å². The van der Waals surface area contributed by atoms with Crippen LogP contribution >= 0.6 is 11.6 Å². The predicted octanol–water partition coefficient (Wildman–Crippen LogP) is 2.11. The number of hydrogen-bond donors (Lipinski definition) is 1. The maximum absolute atomic E-state index is 8.84. The van der Waals surface area contributed by atoms with Gasteiger partial charge in [0.05, 0.1) is 5.56 Å². The molecule has 1 heterocycles. The van der Waals surface area contributed by atoms with Gasteiger partial charge >= 0.3 is 0 Å². The Labute approximate surface area is 106 Å². The third-order valence-corrected chi connectivity index (χ3v) is 3.32. The molecule has 90 valence electrons. The van der Waals surface area contributed by atoms with Gasteiger partial charge in [-0.05, 0) is 26.0 Å². The number of aromatic nitrogens is 1. The molecule has 2 rings (SSSR count). The fraction of sp³-hybridized carbons (Fsp3) is 0.500. The highest BCUT2D eigenvalue weighted by Gasteiger charge is 2.25. The number of pyridine rings is 1. The van der Waals surface area contributed by atoms with Crippen molar-refractivity contribution < 1.29 is 0 Å². The van der Waals surface area contributed by atoms with E-state index in [1.165, 1.54) is 12.8 Å². The van der Waals surface area contributed by atoms with Gasteiger partial charge in [0.2, 0.25) is 0 Å². The van der Waals surface area contributed by atoms with Crippen LogP contribution in [0.25, 0.3) is 0 Å². The summed E-state index contributed by atoms with van der Waals surface area (Å²) in [7, 11) is 2.13. The second-order valence-corrected chi connectivity index (χ2v) is 4.65. The van der Waals surface area contributed by atoms with E-state index in [1.807, 2.05) is 6.07 Å². The predicted molar refractivity (Wildman–Crippen MR) is 68.1 cm³/mol. The lowest BCUT2D eigenvalue weighted by Gasteiger charge is -2.16. The van der Waals surface area contributed by atoms with Gasteiger partial charge in [-0.25, -0.2) is 4.98 Å². The fourth-order valence-electron chi connectivity index (χ4n) is 1.70. The number of nitriles is 1. The normalized spacial score (nSPS) is 14.7. The minimum Gasteiger partial charge on any atom is -0.368 e. The van der Waals surface area contributed by atoms with E-state index in [1.54, 1.807) is 12.3 Å². The second kappa shape index (κ2) is 5.35. The van der Waals surface area contributed by atoms with Crippen molar-refractivity contribution in [2.24, 2.45) is 0 Å². The molecule has 1 aromatic heterocycles. The summed E-state index contributed by atoms with van der Waals surface area (Å²) in [5.41, 5.74) is 0.458. The Kier molecular flexibility index (Phi) is 3.82. The molecule has 17 heavy (non-hydrogen) atoms. The highest BCUT2D eigenvalue weighted by Crippen LogP contribution is 2.25. The van der Waals surface area contributed by atoms with Gasteiger partial charge in [0, 0.05) is 25.3 Å². The smallest absolute Gasteiger partial charge is 0.146 e. The van der Waals surface area contributed by atoms with Crippen LogP contribution in [-0.2, 0) is 0 Å². The van der Waals surface area contributed by atoms with Gasteiger partial charge in [0.25, 0.3) is 0 Å². The van der Waals surface area contributed by atoms with Crippen molar-refractivity contribution in [1.82, 2.24) is 9.88 Å². The van der Waals surface area contributed by atoms with E-state index in [0.29, 0.717) is 16.4 Å². The molecule has 1 fully saturated rings. The van der Waals surface area contributed by atoms with Crippen molar-refractivity contribution in [2.75, 3.05) is 25.5 Å². The van der Waals surface area contributed by atoms with Crippen LogP contribution in [0.15, 0.2) is 12.3 Å². The molecule has 1 aromatic rings. The highest BCUT2D eigenvalue weighted by atomic mass is 35.5. The summed E-state index contributed by atoms with van der Waals surface area (Å²) in [5.74, 6) is 0.593. The Morgan fingerprint density at radius 3 is 3.06 bits per heavy atom. The van der Waals surface area contributed by atoms with Crippen molar-refractivity contribution in [3.63, 3.8) is 0 Å². The maximum atomic E-state index is 8.84. The molecule has 0 aliphatic heterocycles. The summed E-state index contributed by atoms with van der Waals surface area (Å²) in [5, 5.41) is 12.4. The quantitative estimate of drug-likeness (QED) is 0.870. The first kappa shape index (κ1) is 12.2. The number of rotatable bonds is 5. The molecule has 1 saturated carbocycles. The van der Waals surface area contributed by atoms with Gasteiger partial charge < -0.3 is 10.2 Å². The van der Waals surface area contributed by atoms with Crippen molar-refractivity contribution in [3.8, 4) is 6.07 Å². The van der Waals surface area contributed by atoms with E-state index < -0.39 is 0 Å². The molecular formula is C12H15ClN4. The average molecular weight is 251 g/mol. The third kappa shape index (κ3) is 3.09. The van der Waals surface area contributed by atoms with Gasteiger partial charge in [-0.3, -0.25) is 0 Å². The number of anilines is 1. The topological polar surface area (TPSA) is 52.0 Å². The molecule has 0 saturated heterocycles. The zero-order chi connectivity index (χ0) is 12.3. The summed E-state index contributed by atoms with van der Waals surface area (Å²) in [4.78, 5) is 6.46. The number of nitrogens with one attached hydrogen (secondary N) is 1. The molecule has 1 aliphatic rings. The molecule has 1 N–H and O–H groups in total. The summed E-state index contributed by atoms with van der Waals surface area (Å²) in [6.45, 7) is 1.74. The fourth-order valence-corrected chi connectivity index (χ4v) is 1.92. The van der Waals surface area contributed by atoms with Gasteiger partial charge in [-0.2, -0.15) is 5.26 Å². The molecule has 0 aromatic carbocycles.